The minimum atomic E-state index is -0.236. The summed E-state index contributed by atoms with van der Waals surface area (Å²) in [6.07, 6.45) is 0. The molecule has 66 valence electrons. The molecule has 0 aromatic heterocycles. The molecular formula is C9H11O3-. The third-order valence-corrected chi connectivity index (χ3v) is 1.61. The highest BCUT2D eigenvalue weighted by atomic mass is 16.5. The summed E-state index contributed by atoms with van der Waals surface area (Å²) >= 11 is 0. The SMILES string of the molecule is COc1ccc(C[O-])cc1OC. The average Bonchev–Trinajstić information content (AvgIpc) is 2.16. The fourth-order valence-electron chi connectivity index (χ4n) is 0.970. The summed E-state index contributed by atoms with van der Waals surface area (Å²) in [5, 5.41) is 10.5. The second kappa shape index (κ2) is 3.97. The highest BCUT2D eigenvalue weighted by molar-refractivity contribution is 5.42. The van der Waals surface area contributed by atoms with E-state index in [1.165, 1.54) is 0 Å². The van der Waals surface area contributed by atoms with Crippen LogP contribution in [0.15, 0.2) is 18.2 Å². The number of ether oxygens (including phenoxy) is 2. The van der Waals surface area contributed by atoms with Gasteiger partial charge in [-0.15, -0.1) is 6.61 Å². The molecule has 0 heterocycles. The lowest BCUT2D eigenvalue weighted by molar-refractivity contribution is -0.386. The first-order valence-electron chi connectivity index (χ1n) is 3.61. The Balaban J connectivity index is 3.02. The van der Waals surface area contributed by atoms with Gasteiger partial charge in [-0.25, -0.2) is 0 Å². The Labute approximate surface area is 71.5 Å². The topological polar surface area (TPSA) is 41.5 Å². The molecule has 0 aliphatic carbocycles. The van der Waals surface area contributed by atoms with E-state index >= 15 is 0 Å². The van der Waals surface area contributed by atoms with Crippen molar-refractivity contribution < 1.29 is 14.6 Å². The van der Waals surface area contributed by atoms with Crippen molar-refractivity contribution in [3.63, 3.8) is 0 Å². The molecule has 0 fully saturated rings. The maximum absolute atomic E-state index is 10.5. The molecule has 0 amide bonds. The van der Waals surface area contributed by atoms with Crippen molar-refractivity contribution >= 4 is 0 Å². The molecule has 1 aromatic carbocycles. The molecule has 0 atom stereocenters. The van der Waals surface area contributed by atoms with E-state index in [2.05, 4.69) is 0 Å². The van der Waals surface area contributed by atoms with Crippen LogP contribution >= 0.6 is 0 Å². The van der Waals surface area contributed by atoms with E-state index in [9.17, 15) is 5.11 Å². The van der Waals surface area contributed by atoms with Crippen LogP contribution in [0.25, 0.3) is 0 Å². The van der Waals surface area contributed by atoms with Crippen molar-refractivity contribution in [1.29, 1.82) is 0 Å². The maximum Gasteiger partial charge on any atom is 0.160 e. The summed E-state index contributed by atoms with van der Waals surface area (Å²) in [4.78, 5) is 0. The molecule has 12 heavy (non-hydrogen) atoms. The highest BCUT2D eigenvalue weighted by Crippen LogP contribution is 2.27. The fraction of sp³-hybridized carbons (Fsp3) is 0.333. The van der Waals surface area contributed by atoms with Crippen LogP contribution in [0.3, 0.4) is 0 Å². The fourth-order valence-corrected chi connectivity index (χ4v) is 0.970. The molecule has 0 unspecified atom stereocenters. The average molecular weight is 167 g/mol. The molecule has 3 heteroatoms. The Hall–Kier alpha value is -1.22. The van der Waals surface area contributed by atoms with E-state index in [1.807, 2.05) is 0 Å². The predicted octanol–water partition coefficient (Wildman–Crippen LogP) is 0.564. The van der Waals surface area contributed by atoms with Crippen LogP contribution in [-0.2, 0) is 6.61 Å². The molecule has 0 N–H and O–H groups in total. The number of benzene rings is 1. The van der Waals surface area contributed by atoms with Crippen LogP contribution in [0.4, 0.5) is 0 Å². The summed E-state index contributed by atoms with van der Waals surface area (Å²) in [7, 11) is 3.11. The van der Waals surface area contributed by atoms with Crippen molar-refractivity contribution in [2.24, 2.45) is 0 Å². The quantitative estimate of drug-likeness (QED) is 0.660. The van der Waals surface area contributed by atoms with Crippen LogP contribution in [0.1, 0.15) is 5.56 Å². The van der Waals surface area contributed by atoms with Gasteiger partial charge in [0.05, 0.1) is 14.2 Å². The molecular weight excluding hydrogens is 156 g/mol. The van der Waals surface area contributed by atoms with Crippen LogP contribution in [0.5, 0.6) is 11.5 Å². The van der Waals surface area contributed by atoms with E-state index < -0.39 is 0 Å². The minimum Gasteiger partial charge on any atom is -0.851 e. The first kappa shape index (κ1) is 8.87. The van der Waals surface area contributed by atoms with Crippen LogP contribution in [0, 0.1) is 0 Å². The van der Waals surface area contributed by atoms with E-state index in [1.54, 1.807) is 32.4 Å². The van der Waals surface area contributed by atoms with Crippen molar-refractivity contribution in [2.75, 3.05) is 14.2 Å². The first-order chi connectivity index (χ1) is 5.81. The van der Waals surface area contributed by atoms with E-state index in [4.69, 9.17) is 9.47 Å². The molecule has 0 aliphatic heterocycles. The molecule has 0 saturated carbocycles. The summed E-state index contributed by atoms with van der Waals surface area (Å²) in [6, 6.07) is 5.15. The van der Waals surface area contributed by atoms with Crippen LogP contribution in [0.2, 0.25) is 0 Å². The van der Waals surface area contributed by atoms with Gasteiger partial charge in [0.25, 0.3) is 0 Å². The Bertz CT molecular complexity index is 258. The number of hydrogen-bond donors (Lipinski definition) is 0. The van der Waals surface area contributed by atoms with Gasteiger partial charge in [0, 0.05) is 0 Å². The Morgan fingerprint density at radius 3 is 2.33 bits per heavy atom. The largest absolute Gasteiger partial charge is 0.851 e. The summed E-state index contributed by atoms with van der Waals surface area (Å²) in [5.74, 6) is 1.25. The lowest BCUT2D eigenvalue weighted by Gasteiger charge is -2.10. The Morgan fingerprint density at radius 1 is 1.17 bits per heavy atom. The smallest absolute Gasteiger partial charge is 0.160 e. The Morgan fingerprint density at radius 2 is 1.83 bits per heavy atom. The van der Waals surface area contributed by atoms with Gasteiger partial charge in [-0.2, -0.15) is 0 Å². The van der Waals surface area contributed by atoms with Crippen molar-refractivity contribution in [3.05, 3.63) is 23.8 Å². The van der Waals surface area contributed by atoms with Crippen LogP contribution < -0.4 is 14.6 Å². The summed E-state index contributed by atoms with van der Waals surface area (Å²) in [6.45, 7) is -0.236. The van der Waals surface area contributed by atoms with Gasteiger partial charge in [-0.05, 0) is 12.1 Å². The molecule has 0 bridgehead atoms. The molecule has 0 aliphatic rings. The molecule has 1 aromatic rings. The summed E-state index contributed by atoms with van der Waals surface area (Å²) < 4.78 is 10.0. The van der Waals surface area contributed by atoms with Crippen molar-refractivity contribution in [3.8, 4) is 11.5 Å². The predicted molar refractivity (Wildman–Crippen MR) is 43.3 cm³/mol. The van der Waals surface area contributed by atoms with E-state index in [0.717, 1.165) is 0 Å². The molecule has 0 saturated heterocycles. The third kappa shape index (κ3) is 1.68. The third-order valence-electron chi connectivity index (χ3n) is 1.61. The lowest BCUT2D eigenvalue weighted by Crippen LogP contribution is -2.02. The monoisotopic (exact) mass is 167 g/mol. The van der Waals surface area contributed by atoms with Crippen LogP contribution in [-0.4, -0.2) is 14.2 Å². The number of methoxy groups -OCH3 is 2. The van der Waals surface area contributed by atoms with Gasteiger partial charge in [-0.3, -0.25) is 0 Å². The van der Waals surface area contributed by atoms with Crippen molar-refractivity contribution in [1.82, 2.24) is 0 Å². The summed E-state index contributed by atoms with van der Waals surface area (Å²) in [5.41, 5.74) is 0.702. The number of hydrogen-bond acceptors (Lipinski definition) is 3. The molecule has 0 radical (unpaired) electrons. The molecule has 3 nitrogen and oxygen atoms in total. The van der Waals surface area contributed by atoms with Gasteiger partial charge in [0.1, 0.15) is 0 Å². The standard InChI is InChI=1S/C9H11O3/c1-11-8-4-3-7(6-10)5-9(8)12-2/h3-5H,6H2,1-2H3/q-1. The van der Waals surface area contributed by atoms with Crippen molar-refractivity contribution in [2.45, 2.75) is 6.61 Å². The molecule has 0 spiro atoms. The first-order valence-corrected chi connectivity index (χ1v) is 3.61. The second-order valence-corrected chi connectivity index (χ2v) is 2.33. The minimum absolute atomic E-state index is 0.236. The van der Waals surface area contributed by atoms with E-state index in [0.29, 0.717) is 17.1 Å². The zero-order valence-corrected chi connectivity index (χ0v) is 7.16. The van der Waals surface area contributed by atoms with Gasteiger partial charge in [0.2, 0.25) is 0 Å². The van der Waals surface area contributed by atoms with Gasteiger partial charge >= 0.3 is 0 Å². The van der Waals surface area contributed by atoms with Gasteiger partial charge in [-0.1, -0.05) is 11.6 Å². The lowest BCUT2D eigenvalue weighted by atomic mass is 10.2. The van der Waals surface area contributed by atoms with Gasteiger partial charge in [0.15, 0.2) is 11.5 Å². The second-order valence-electron chi connectivity index (χ2n) is 2.33. The molecule has 1 rings (SSSR count). The maximum atomic E-state index is 10.5. The zero-order chi connectivity index (χ0) is 8.97. The zero-order valence-electron chi connectivity index (χ0n) is 7.16. The Kier molecular flexibility index (Phi) is 2.94. The van der Waals surface area contributed by atoms with Gasteiger partial charge < -0.3 is 14.6 Å². The highest BCUT2D eigenvalue weighted by Gasteiger charge is 2.01. The normalized spacial score (nSPS) is 9.58. The number of rotatable bonds is 3. The van der Waals surface area contributed by atoms with E-state index in [-0.39, 0.29) is 6.61 Å².